The lowest BCUT2D eigenvalue weighted by atomic mass is 10.2. The van der Waals surface area contributed by atoms with Crippen LogP contribution in [0.15, 0.2) is 63.6 Å². The number of oxazole rings is 1. The molecule has 30 heavy (non-hydrogen) atoms. The molecule has 2 aromatic carbocycles. The minimum absolute atomic E-state index is 0.156. The Morgan fingerprint density at radius 2 is 1.83 bits per heavy atom. The summed E-state index contributed by atoms with van der Waals surface area (Å²) < 4.78 is 11.9. The molecule has 0 fully saturated rings. The second-order valence-electron chi connectivity index (χ2n) is 6.74. The van der Waals surface area contributed by atoms with Gasteiger partial charge in [-0.05, 0) is 42.8 Å². The molecule has 156 valence electrons. The zero-order chi connectivity index (χ0) is 21.3. The van der Waals surface area contributed by atoms with Crippen LogP contribution in [-0.2, 0) is 16.0 Å². The van der Waals surface area contributed by atoms with Crippen LogP contribution < -0.4 is 5.32 Å². The zero-order valence-electron chi connectivity index (χ0n) is 16.7. The highest BCUT2D eigenvalue weighted by atomic mass is 79.9. The Morgan fingerprint density at radius 1 is 1.10 bits per heavy atom. The van der Waals surface area contributed by atoms with E-state index in [4.69, 9.17) is 9.15 Å². The fourth-order valence-corrected chi connectivity index (χ4v) is 2.96. The number of carbonyl (C=O) groups is 2. The van der Waals surface area contributed by atoms with Gasteiger partial charge in [0.15, 0.2) is 11.7 Å². The van der Waals surface area contributed by atoms with Crippen LogP contribution in [0.5, 0.6) is 0 Å². The summed E-state index contributed by atoms with van der Waals surface area (Å²) in [5.74, 6) is 0.663. The van der Waals surface area contributed by atoms with Gasteiger partial charge in [0.2, 0.25) is 5.91 Å². The third-order valence-corrected chi connectivity index (χ3v) is 4.91. The highest BCUT2D eigenvalue weighted by molar-refractivity contribution is 9.10. The number of unbranched alkanes of at least 4 members (excludes halogenated alkanes) is 1. The molecule has 0 saturated heterocycles. The molecule has 0 spiro atoms. The summed E-state index contributed by atoms with van der Waals surface area (Å²) in [6, 6.07) is 14.4. The minimum atomic E-state index is -0.355. The van der Waals surface area contributed by atoms with Crippen LogP contribution in [0, 0.1) is 0 Å². The number of rotatable bonds is 9. The molecule has 3 rings (SSSR count). The summed E-state index contributed by atoms with van der Waals surface area (Å²) in [5.41, 5.74) is 2.01. The van der Waals surface area contributed by atoms with Gasteiger partial charge in [0.05, 0.1) is 18.4 Å². The predicted molar refractivity (Wildman–Crippen MR) is 118 cm³/mol. The molecule has 0 unspecified atom stereocenters. The molecule has 1 N–H and O–H groups in total. The topological polar surface area (TPSA) is 81.4 Å². The number of halogens is 1. The Bertz CT molecular complexity index is 981. The van der Waals surface area contributed by atoms with E-state index in [-0.39, 0.29) is 18.3 Å². The number of aromatic nitrogens is 1. The number of hydrogen-bond donors (Lipinski definition) is 1. The van der Waals surface area contributed by atoms with Crippen LogP contribution in [0.1, 0.15) is 42.4 Å². The number of carbonyl (C=O) groups excluding carboxylic acids is 2. The maximum absolute atomic E-state index is 12.2. The van der Waals surface area contributed by atoms with E-state index >= 15 is 0 Å². The summed E-state index contributed by atoms with van der Waals surface area (Å²) in [4.78, 5) is 28.4. The Kier molecular flexibility index (Phi) is 7.79. The van der Waals surface area contributed by atoms with Crippen molar-refractivity contribution in [1.29, 1.82) is 0 Å². The van der Waals surface area contributed by atoms with Crippen LogP contribution >= 0.6 is 15.9 Å². The molecule has 0 aliphatic rings. The minimum Gasteiger partial charge on any atom is -0.462 e. The van der Waals surface area contributed by atoms with Crippen molar-refractivity contribution in [2.45, 2.75) is 32.6 Å². The molecule has 1 heterocycles. The fraction of sp³-hybridized carbons (Fsp3) is 0.261. The largest absolute Gasteiger partial charge is 0.462 e. The quantitative estimate of drug-likeness (QED) is 0.323. The molecule has 7 heteroatoms. The van der Waals surface area contributed by atoms with Crippen molar-refractivity contribution in [3.8, 4) is 11.3 Å². The first-order valence-electron chi connectivity index (χ1n) is 9.83. The number of ether oxygens (including phenoxy) is 1. The van der Waals surface area contributed by atoms with E-state index in [0.717, 1.165) is 22.9 Å². The monoisotopic (exact) mass is 470 g/mol. The van der Waals surface area contributed by atoms with E-state index < -0.39 is 0 Å². The first-order valence-corrected chi connectivity index (χ1v) is 10.6. The first kappa shape index (κ1) is 21.8. The second-order valence-corrected chi connectivity index (χ2v) is 7.66. The van der Waals surface area contributed by atoms with E-state index in [1.165, 1.54) is 0 Å². The molecular weight excluding hydrogens is 448 g/mol. The lowest BCUT2D eigenvalue weighted by Crippen LogP contribution is -2.12. The zero-order valence-corrected chi connectivity index (χ0v) is 18.3. The molecule has 0 radical (unpaired) electrons. The molecule has 1 amide bonds. The maximum atomic E-state index is 12.2. The van der Waals surface area contributed by atoms with Gasteiger partial charge in [-0.15, -0.1) is 0 Å². The number of anilines is 1. The predicted octanol–water partition coefficient (Wildman–Crippen LogP) is 5.63. The standard InChI is InChI=1S/C23H23BrN2O4/c1-2-3-14-29-23(28)17-6-10-19(11-7-17)26-21(27)12-13-22-25-15-20(30-22)16-4-8-18(24)9-5-16/h4-11,15H,2-3,12-14H2,1H3,(H,26,27). The molecule has 0 bridgehead atoms. The van der Waals surface area contributed by atoms with Crippen LogP contribution in [0.3, 0.4) is 0 Å². The molecule has 1 aromatic heterocycles. The molecule has 6 nitrogen and oxygen atoms in total. The highest BCUT2D eigenvalue weighted by Gasteiger charge is 2.11. The van der Waals surface area contributed by atoms with Crippen molar-refractivity contribution in [2.75, 3.05) is 11.9 Å². The Hall–Kier alpha value is -2.93. The van der Waals surface area contributed by atoms with Crippen molar-refractivity contribution in [3.63, 3.8) is 0 Å². The van der Waals surface area contributed by atoms with Crippen LogP contribution in [0.4, 0.5) is 5.69 Å². The Labute approximate surface area is 183 Å². The van der Waals surface area contributed by atoms with Crippen molar-refractivity contribution in [3.05, 3.63) is 70.7 Å². The molecule has 0 aliphatic heterocycles. The second kappa shape index (κ2) is 10.7. The summed E-state index contributed by atoms with van der Waals surface area (Å²) in [6.07, 6.45) is 4.10. The highest BCUT2D eigenvalue weighted by Crippen LogP contribution is 2.23. The van der Waals surface area contributed by atoms with Crippen LogP contribution in [0.2, 0.25) is 0 Å². The average Bonchev–Trinajstić information content (AvgIpc) is 3.22. The molecule has 3 aromatic rings. The van der Waals surface area contributed by atoms with Gasteiger partial charge in [-0.2, -0.15) is 0 Å². The van der Waals surface area contributed by atoms with Crippen LogP contribution in [-0.4, -0.2) is 23.5 Å². The summed E-state index contributed by atoms with van der Waals surface area (Å²) in [7, 11) is 0. The summed E-state index contributed by atoms with van der Waals surface area (Å²) in [6.45, 7) is 2.45. The van der Waals surface area contributed by atoms with Crippen LogP contribution in [0.25, 0.3) is 11.3 Å². The van der Waals surface area contributed by atoms with Gasteiger partial charge >= 0.3 is 5.97 Å². The molecule has 0 aliphatic carbocycles. The SMILES string of the molecule is CCCCOC(=O)c1ccc(NC(=O)CCc2ncc(-c3ccc(Br)cc3)o2)cc1. The Morgan fingerprint density at radius 3 is 2.53 bits per heavy atom. The van der Waals surface area contributed by atoms with Crippen molar-refractivity contribution in [2.24, 2.45) is 0 Å². The van der Waals surface area contributed by atoms with Gasteiger partial charge < -0.3 is 14.5 Å². The van der Waals surface area contributed by atoms with E-state index in [1.807, 2.05) is 31.2 Å². The molecule has 0 atom stereocenters. The van der Waals surface area contributed by atoms with E-state index in [1.54, 1.807) is 30.5 Å². The number of esters is 1. The number of aryl methyl sites for hydroxylation is 1. The molecular formula is C23H23BrN2O4. The lowest BCUT2D eigenvalue weighted by Gasteiger charge is -2.07. The van der Waals surface area contributed by atoms with Crippen molar-refractivity contribution < 1.29 is 18.7 Å². The van der Waals surface area contributed by atoms with Gasteiger partial charge in [-0.3, -0.25) is 4.79 Å². The number of nitrogens with zero attached hydrogens (tertiary/aromatic N) is 1. The lowest BCUT2D eigenvalue weighted by molar-refractivity contribution is -0.116. The van der Waals surface area contributed by atoms with Gasteiger partial charge in [-0.1, -0.05) is 41.4 Å². The average molecular weight is 471 g/mol. The van der Waals surface area contributed by atoms with Gasteiger partial charge in [0.25, 0.3) is 0 Å². The Balaban J connectivity index is 1.48. The molecule has 0 saturated carbocycles. The summed E-state index contributed by atoms with van der Waals surface area (Å²) in [5, 5.41) is 2.81. The third-order valence-electron chi connectivity index (χ3n) is 4.38. The summed E-state index contributed by atoms with van der Waals surface area (Å²) >= 11 is 3.40. The third kappa shape index (κ3) is 6.29. The number of nitrogens with one attached hydrogen (secondary N) is 1. The number of amides is 1. The van der Waals surface area contributed by atoms with E-state index in [2.05, 4.69) is 26.2 Å². The number of hydrogen-bond acceptors (Lipinski definition) is 5. The van der Waals surface area contributed by atoms with Gasteiger partial charge in [0.1, 0.15) is 0 Å². The fourth-order valence-electron chi connectivity index (χ4n) is 2.70. The smallest absolute Gasteiger partial charge is 0.338 e. The van der Waals surface area contributed by atoms with Crippen molar-refractivity contribution >= 4 is 33.5 Å². The first-order chi connectivity index (χ1) is 14.5. The number of benzene rings is 2. The van der Waals surface area contributed by atoms with E-state index in [0.29, 0.717) is 35.9 Å². The van der Waals surface area contributed by atoms with Crippen molar-refractivity contribution in [1.82, 2.24) is 4.98 Å². The van der Waals surface area contributed by atoms with Gasteiger partial charge in [-0.25, -0.2) is 9.78 Å². The van der Waals surface area contributed by atoms with E-state index in [9.17, 15) is 9.59 Å². The maximum Gasteiger partial charge on any atom is 0.338 e. The normalized spacial score (nSPS) is 10.6. The van der Waals surface area contributed by atoms with Gasteiger partial charge in [0, 0.05) is 28.6 Å².